The molecule has 1 amide bonds. The summed E-state index contributed by atoms with van der Waals surface area (Å²) < 4.78 is 0. The molecule has 1 aromatic rings. The molecule has 1 aromatic carbocycles. The third-order valence-electron chi connectivity index (χ3n) is 6.88. The van der Waals surface area contributed by atoms with Gasteiger partial charge in [0.05, 0.1) is 6.17 Å². The average Bonchev–Trinajstić information content (AvgIpc) is 3.05. The van der Waals surface area contributed by atoms with E-state index in [1.54, 1.807) is 0 Å². The number of likely N-dealkylation sites (tertiary alicyclic amines) is 1. The molecule has 0 bridgehead atoms. The van der Waals surface area contributed by atoms with Crippen LogP contribution in [0.25, 0.3) is 0 Å². The molecule has 1 saturated heterocycles. The smallest absolute Gasteiger partial charge is 0.419 e. The van der Waals surface area contributed by atoms with Crippen molar-refractivity contribution in [2.45, 2.75) is 62.6 Å². The van der Waals surface area contributed by atoms with Crippen LogP contribution in [0, 0.1) is 0 Å². The minimum atomic E-state index is -1.02. The second-order valence-electron chi connectivity index (χ2n) is 8.54. The Morgan fingerprint density at radius 1 is 1.31 bits per heavy atom. The quantitative estimate of drug-likeness (QED) is 0.725. The first-order chi connectivity index (χ1) is 12.4. The summed E-state index contributed by atoms with van der Waals surface area (Å²) in [5.41, 5.74) is 9.77. The molecular weight excluding hydrogens is 328 g/mol. The number of anilines is 1. The highest BCUT2D eigenvalue weighted by molar-refractivity contribution is 5.65. The van der Waals surface area contributed by atoms with Crippen LogP contribution in [0.15, 0.2) is 18.2 Å². The Morgan fingerprint density at radius 2 is 2.12 bits per heavy atom. The lowest BCUT2D eigenvalue weighted by Crippen LogP contribution is -2.45. The normalized spacial score (nSPS) is 33.8. The highest BCUT2D eigenvalue weighted by Crippen LogP contribution is 2.51. The van der Waals surface area contributed by atoms with Crippen LogP contribution < -0.4 is 15.8 Å². The third kappa shape index (κ3) is 2.76. The fourth-order valence-corrected chi connectivity index (χ4v) is 5.64. The summed E-state index contributed by atoms with van der Waals surface area (Å²) in [5.74, 6) is 0.495. The van der Waals surface area contributed by atoms with Gasteiger partial charge in [-0.2, -0.15) is 0 Å². The average molecular weight is 358 g/mol. The molecule has 0 radical (unpaired) electrons. The standard InChI is InChI=1S/C20H30N4O2/c1-20-9-10-23(2)18(20)24(3)17-8-7-14(12-16(17)20)13-5-4-6-15(11-13)21-22-19(25)26/h7-8,12-13,15,18,21-22H,4-6,9-11H2,1-3H3,(H,25,26)/t13?,15?,18-,20+/m1/s1. The molecule has 6 nitrogen and oxygen atoms in total. The zero-order valence-electron chi connectivity index (χ0n) is 16.0. The number of hydrogen-bond donors (Lipinski definition) is 3. The number of carbonyl (C=O) groups is 1. The first-order valence-electron chi connectivity index (χ1n) is 9.72. The maximum Gasteiger partial charge on any atom is 0.419 e. The number of likely N-dealkylation sites (N-methyl/N-ethyl adjacent to an activating group) is 2. The Balaban J connectivity index is 1.57. The number of nitrogens with zero attached hydrogens (tertiary/aromatic N) is 2. The largest absolute Gasteiger partial charge is 0.464 e. The molecule has 2 fully saturated rings. The van der Waals surface area contributed by atoms with Crippen molar-refractivity contribution in [3.8, 4) is 0 Å². The van der Waals surface area contributed by atoms with Crippen LogP contribution in [-0.2, 0) is 5.41 Å². The molecule has 3 N–H and O–H groups in total. The maximum atomic E-state index is 10.7. The van der Waals surface area contributed by atoms with Crippen molar-refractivity contribution >= 4 is 11.8 Å². The SMILES string of the molecule is CN1CC[C@@]2(C)c3cc(C4CCCC(NNC(=O)O)C4)ccc3N(C)[C@@H]12. The van der Waals surface area contributed by atoms with Crippen LogP contribution in [0.4, 0.5) is 10.5 Å². The topological polar surface area (TPSA) is 67.8 Å². The van der Waals surface area contributed by atoms with Gasteiger partial charge < -0.3 is 10.0 Å². The summed E-state index contributed by atoms with van der Waals surface area (Å²) in [6, 6.07) is 7.25. The van der Waals surface area contributed by atoms with Crippen molar-refractivity contribution in [1.82, 2.24) is 15.8 Å². The van der Waals surface area contributed by atoms with Crippen LogP contribution in [-0.4, -0.2) is 48.9 Å². The van der Waals surface area contributed by atoms with Crippen molar-refractivity contribution in [3.05, 3.63) is 29.3 Å². The van der Waals surface area contributed by atoms with E-state index in [1.807, 2.05) is 0 Å². The molecule has 1 saturated carbocycles. The summed E-state index contributed by atoms with van der Waals surface area (Å²) in [7, 11) is 4.44. The summed E-state index contributed by atoms with van der Waals surface area (Å²) in [6.45, 7) is 3.56. The fourth-order valence-electron chi connectivity index (χ4n) is 5.64. The van der Waals surface area contributed by atoms with E-state index in [0.29, 0.717) is 12.1 Å². The van der Waals surface area contributed by atoms with Crippen molar-refractivity contribution < 1.29 is 9.90 Å². The van der Waals surface area contributed by atoms with Crippen LogP contribution in [0.1, 0.15) is 56.1 Å². The highest BCUT2D eigenvalue weighted by atomic mass is 16.4. The molecule has 6 heteroatoms. The van der Waals surface area contributed by atoms with Gasteiger partial charge in [0.25, 0.3) is 0 Å². The third-order valence-corrected chi connectivity index (χ3v) is 6.88. The van der Waals surface area contributed by atoms with E-state index < -0.39 is 6.09 Å². The minimum Gasteiger partial charge on any atom is -0.464 e. The lowest BCUT2D eigenvalue weighted by atomic mass is 9.77. The van der Waals surface area contributed by atoms with E-state index in [1.165, 1.54) is 29.7 Å². The molecular formula is C20H30N4O2. The summed E-state index contributed by atoms with van der Waals surface area (Å²) in [6.07, 6.45) is 4.95. The Bertz CT molecular complexity index is 709. The zero-order chi connectivity index (χ0) is 18.5. The van der Waals surface area contributed by atoms with Crippen LogP contribution in [0.2, 0.25) is 0 Å². The molecule has 2 heterocycles. The van der Waals surface area contributed by atoms with Gasteiger partial charge in [-0.25, -0.2) is 10.2 Å². The Kier molecular flexibility index (Phi) is 4.35. The van der Waals surface area contributed by atoms with Crippen molar-refractivity contribution in [2.24, 2.45) is 0 Å². The second-order valence-corrected chi connectivity index (χ2v) is 8.54. The van der Waals surface area contributed by atoms with E-state index in [2.05, 4.69) is 59.9 Å². The predicted molar refractivity (Wildman–Crippen MR) is 103 cm³/mol. The van der Waals surface area contributed by atoms with Gasteiger partial charge in [-0.15, -0.1) is 0 Å². The van der Waals surface area contributed by atoms with Gasteiger partial charge in [0.15, 0.2) is 0 Å². The van der Waals surface area contributed by atoms with E-state index in [4.69, 9.17) is 5.11 Å². The monoisotopic (exact) mass is 358 g/mol. The van der Waals surface area contributed by atoms with Crippen molar-refractivity contribution in [2.75, 3.05) is 25.5 Å². The predicted octanol–water partition coefficient (Wildman–Crippen LogP) is 2.85. The number of benzene rings is 1. The van der Waals surface area contributed by atoms with Crippen LogP contribution >= 0.6 is 0 Å². The van der Waals surface area contributed by atoms with Gasteiger partial charge in [0, 0.05) is 30.7 Å². The summed E-state index contributed by atoms with van der Waals surface area (Å²) in [4.78, 5) is 15.6. The molecule has 4 atom stereocenters. The Hall–Kier alpha value is -1.79. The van der Waals surface area contributed by atoms with Gasteiger partial charge in [-0.3, -0.25) is 10.3 Å². The maximum absolute atomic E-state index is 10.7. The molecule has 3 aliphatic rings. The Morgan fingerprint density at radius 3 is 2.88 bits per heavy atom. The molecule has 26 heavy (non-hydrogen) atoms. The molecule has 2 unspecified atom stereocenters. The summed E-state index contributed by atoms with van der Waals surface area (Å²) >= 11 is 0. The van der Waals surface area contributed by atoms with Gasteiger partial charge in [0.1, 0.15) is 0 Å². The number of carboxylic acid groups (broad SMARTS) is 1. The van der Waals surface area contributed by atoms with E-state index >= 15 is 0 Å². The van der Waals surface area contributed by atoms with Gasteiger partial charge in [-0.05, 0) is 55.8 Å². The van der Waals surface area contributed by atoms with Gasteiger partial charge in [-0.1, -0.05) is 25.5 Å². The number of rotatable bonds is 3. The van der Waals surface area contributed by atoms with E-state index in [9.17, 15) is 4.79 Å². The van der Waals surface area contributed by atoms with E-state index in [0.717, 1.165) is 25.8 Å². The first-order valence-corrected chi connectivity index (χ1v) is 9.72. The highest BCUT2D eigenvalue weighted by Gasteiger charge is 2.52. The number of hydrogen-bond acceptors (Lipinski definition) is 4. The van der Waals surface area contributed by atoms with Gasteiger partial charge in [0.2, 0.25) is 0 Å². The summed E-state index contributed by atoms with van der Waals surface area (Å²) in [5, 5.41) is 8.81. The van der Waals surface area contributed by atoms with Crippen LogP contribution in [0.5, 0.6) is 0 Å². The Labute approximate surface area is 155 Å². The number of hydrazine groups is 1. The lowest BCUT2D eigenvalue weighted by molar-refractivity contribution is 0.182. The first kappa shape index (κ1) is 17.6. The lowest BCUT2D eigenvalue weighted by Gasteiger charge is -2.32. The molecule has 0 spiro atoms. The van der Waals surface area contributed by atoms with Gasteiger partial charge >= 0.3 is 6.09 Å². The van der Waals surface area contributed by atoms with E-state index in [-0.39, 0.29) is 11.5 Å². The zero-order valence-corrected chi connectivity index (χ0v) is 16.0. The molecule has 142 valence electrons. The number of amides is 1. The number of fused-ring (bicyclic) bond motifs is 3. The molecule has 1 aliphatic carbocycles. The molecule has 0 aromatic heterocycles. The number of nitrogens with one attached hydrogen (secondary N) is 2. The van der Waals surface area contributed by atoms with Crippen molar-refractivity contribution in [1.29, 1.82) is 0 Å². The second kappa shape index (κ2) is 6.43. The fraction of sp³-hybridized carbons (Fsp3) is 0.650. The van der Waals surface area contributed by atoms with Crippen molar-refractivity contribution in [3.63, 3.8) is 0 Å². The minimum absolute atomic E-state index is 0.200. The molecule has 2 aliphatic heterocycles. The van der Waals surface area contributed by atoms with Crippen LogP contribution in [0.3, 0.4) is 0 Å². The molecule has 4 rings (SSSR count).